The summed E-state index contributed by atoms with van der Waals surface area (Å²) in [5, 5.41) is 0. The lowest BCUT2D eigenvalue weighted by atomic mass is 9.65. The summed E-state index contributed by atoms with van der Waals surface area (Å²) in [7, 11) is 1.70. The highest BCUT2D eigenvalue weighted by molar-refractivity contribution is 5.79. The summed E-state index contributed by atoms with van der Waals surface area (Å²) in [4.78, 5) is 18.1. The molecule has 0 radical (unpaired) electrons. The lowest BCUT2D eigenvalue weighted by molar-refractivity contribution is -0.138. The van der Waals surface area contributed by atoms with E-state index in [1.165, 1.54) is 24.8 Å². The van der Waals surface area contributed by atoms with Gasteiger partial charge in [-0.05, 0) is 73.7 Å². The molecule has 2 atom stereocenters. The highest BCUT2D eigenvalue weighted by atomic mass is 16.5. The number of hydrogen-bond acceptors (Lipinski definition) is 3. The predicted molar refractivity (Wildman–Crippen MR) is 112 cm³/mol. The first-order valence-electron chi connectivity index (χ1n) is 10.9. The monoisotopic (exact) mass is 384 g/mol. The Morgan fingerprint density at radius 3 is 2.43 bits per heavy atom. The third kappa shape index (κ3) is 4.07. The molecule has 0 N–H and O–H groups in total. The van der Waals surface area contributed by atoms with Crippen molar-refractivity contribution in [2.24, 2.45) is 16.7 Å². The van der Waals surface area contributed by atoms with Gasteiger partial charge in [0.15, 0.2) is 0 Å². The number of fused-ring (bicyclic) bond motifs is 2. The van der Waals surface area contributed by atoms with E-state index in [4.69, 9.17) is 4.74 Å². The quantitative estimate of drug-likeness (QED) is 0.774. The number of likely N-dealkylation sites (tertiary alicyclic amines) is 2. The number of ether oxygens (including phenoxy) is 1. The average Bonchev–Trinajstić information content (AvgIpc) is 2.91. The Labute approximate surface area is 170 Å². The molecular weight excluding hydrogens is 348 g/mol. The molecular formula is C24H36N2O2. The minimum Gasteiger partial charge on any atom is -0.497 e. The number of carbonyl (C=O) groups excluding carboxylic acids is 1. The maximum atomic E-state index is 13.3. The summed E-state index contributed by atoms with van der Waals surface area (Å²) in [6, 6.07) is 8.81. The molecule has 1 aromatic rings. The van der Waals surface area contributed by atoms with Gasteiger partial charge in [-0.1, -0.05) is 32.9 Å². The van der Waals surface area contributed by atoms with Gasteiger partial charge in [0.1, 0.15) is 5.75 Å². The molecule has 2 heterocycles. The van der Waals surface area contributed by atoms with E-state index in [2.05, 4.69) is 42.7 Å². The highest BCUT2D eigenvalue weighted by Gasteiger charge is 2.51. The van der Waals surface area contributed by atoms with Crippen molar-refractivity contribution in [2.75, 3.05) is 26.7 Å². The third-order valence-electron chi connectivity index (χ3n) is 7.20. The van der Waals surface area contributed by atoms with Crippen LogP contribution in [0.4, 0.5) is 0 Å². The molecule has 154 valence electrons. The lowest BCUT2D eigenvalue weighted by Crippen LogP contribution is -2.44. The van der Waals surface area contributed by atoms with Crippen LogP contribution in [-0.4, -0.2) is 48.5 Å². The largest absolute Gasteiger partial charge is 0.497 e. The summed E-state index contributed by atoms with van der Waals surface area (Å²) in [6.07, 6.45) is 5.63. The molecule has 1 aliphatic carbocycles. The second-order valence-electron chi connectivity index (χ2n) is 10.6. The van der Waals surface area contributed by atoms with Gasteiger partial charge in [0.25, 0.3) is 0 Å². The standard InChI is InChI=1S/C24H36N2O2/c1-23(2)13-20-14-24(3,16-23)17-26(20)22(27)19-9-11-25(12-10-19)15-18-5-7-21(28-4)8-6-18/h5-8,19-20H,9-17H2,1-4H3. The van der Waals surface area contributed by atoms with Crippen LogP contribution in [0.15, 0.2) is 24.3 Å². The van der Waals surface area contributed by atoms with Crippen molar-refractivity contribution >= 4 is 5.91 Å². The van der Waals surface area contributed by atoms with Gasteiger partial charge in [0.05, 0.1) is 7.11 Å². The molecule has 28 heavy (non-hydrogen) atoms. The van der Waals surface area contributed by atoms with Crippen molar-refractivity contribution < 1.29 is 9.53 Å². The van der Waals surface area contributed by atoms with Gasteiger partial charge in [0.2, 0.25) is 5.91 Å². The topological polar surface area (TPSA) is 32.8 Å². The van der Waals surface area contributed by atoms with Crippen molar-refractivity contribution in [1.29, 1.82) is 0 Å². The predicted octanol–water partition coefficient (Wildman–Crippen LogP) is 4.33. The molecule has 4 nitrogen and oxygen atoms in total. The molecule has 2 bridgehead atoms. The number of nitrogens with zero attached hydrogens (tertiary/aromatic N) is 2. The van der Waals surface area contributed by atoms with E-state index in [9.17, 15) is 4.79 Å². The van der Waals surface area contributed by atoms with Crippen LogP contribution in [0, 0.1) is 16.7 Å². The SMILES string of the molecule is COc1ccc(CN2CCC(C(=O)N3CC4(C)CC3CC(C)(C)C4)CC2)cc1. The zero-order valence-electron chi connectivity index (χ0n) is 18.0. The molecule has 0 aromatic heterocycles. The molecule has 4 heteroatoms. The van der Waals surface area contributed by atoms with Gasteiger partial charge < -0.3 is 9.64 Å². The first-order valence-corrected chi connectivity index (χ1v) is 10.9. The summed E-state index contributed by atoms with van der Waals surface area (Å²) >= 11 is 0. The van der Waals surface area contributed by atoms with Crippen LogP contribution in [0.1, 0.15) is 58.4 Å². The van der Waals surface area contributed by atoms with E-state index in [0.29, 0.717) is 22.8 Å². The van der Waals surface area contributed by atoms with Crippen molar-refractivity contribution in [1.82, 2.24) is 9.80 Å². The smallest absolute Gasteiger partial charge is 0.226 e. The summed E-state index contributed by atoms with van der Waals surface area (Å²) in [5.74, 6) is 1.56. The number of hydrogen-bond donors (Lipinski definition) is 0. The van der Waals surface area contributed by atoms with E-state index in [1.54, 1.807) is 7.11 Å². The Balaban J connectivity index is 1.32. The molecule has 0 spiro atoms. The maximum Gasteiger partial charge on any atom is 0.226 e. The zero-order valence-corrected chi connectivity index (χ0v) is 18.0. The Bertz CT molecular complexity index is 706. The van der Waals surface area contributed by atoms with Crippen LogP contribution in [-0.2, 0) is 11.3 Å². The van der Waals surface area contributed by atoms with Crippen molar-refractivity contribution in [3.05, 3.63) is 29.8 Å². The molecule has 2 unspecified atom stereocenters. The normalized spacial score (nSPS) is 30.4. The van der Waals surface area contributed by atoms with E-state index >= 15 is 0 Å². The third-order valence-corrected chi connectivity index (χ3v) is 7.20. The number of carbonyl (C=O) groups is 1. The summed E-state index contributed by atoms with van der Waals surface area (Å²) in [5.41, 5.74) is 2.01. The van der Waals surface area contributed by atoms with Gasteiger partial charge in [-0.2, -0.15) is 0 Å². The number of rotatable bonds is 4. The summed E-state index contributed by atoms with van der Waals surface area (Å²) < 4.78 is 5.24. The lowest BCUT2D eigenvalue weighted by Gasteiger charge is -2.40. The van der Waals surface area contributed by atoms with Crippen LogP contribution in [0.5, 0.6) is 5.75 Å². The van der Waals surface area contributed by atoms with E-state index in [0.717, 1.165) is 44.8 Å². The van der Waals surface area contributed by atoms with E-state index in [1.807, 2.05) is 12.1 Å². The van der Waals surface area contributed by atoms with Gasteiger partial charge in [-0.25, -0.2) is 0 Å². The molecule has 4 rings (SSSR count). The van der Waals surface area contributed by atoms with Crippen LogP contribution in [0.25, 0.3) is 0 Å². The molecule has 2 saturated heterocycles. The fraction of sp³-hybridized carbons (Fsp3) is 0.708. The average molecular weight is 385 g/mol. The van der Waals surface area contributed by atoms with Crippen molar-refractivity contribution in [2.45, 2.75) is 65.5 Å². The van der Waals surface area contributed by atoms with Gasteiger partial charge in [0, 0.05) is 25.0 Å². The second kappa shape index (κ2) is 7.37. The van der Waals surface area contributed by atoms with Gasteiger partial charge >= 0.3 is 0 Å². The van der Waals surface area contributed by atoms with Crippen LogP contribution in [0.3, 0.4) is 0 Å². The first-order chi connectivity index (χ1) is 13.3. The minimum absolute atomic E-state index is 0.221. The van der Waals surface area contributed by atoms with Crippen molar-refractivity contribution in [3.8, 4) is 5.75 Å². The molecule has 3 aliphatic rings. The van der Waals surface area contributed by atoms with Crippen molar-refractivity contribution in [3.63, 3.8) is 0 Å². The maximum absolute atomic E-state index is 13.3. The zero-order chi connectivity index (χ0) is 19.9. The van der Waals surface area contributed by atoms with Crippen LogP contribution in [0.2, 0.25) is 0 Å². The number of amides is 1. The fourth-order valence-corrected chi connectivity index (χ4v) is 6.28. The number of benzene rings is 1. The Morgan fingerprint density at radius 2 is 1.79 bits per heavy atom. The molecule has 1 saturated carbocycles. The first kappa shape index (κ1) is 19.8. The van der Waals surface area contributed by atoms with Gasteiger partial charge in [-0.3, -0.25) is 9.69 Å². The number of methoxy groups -OCH3 is 1. The molecule has 3 fully saturated rings. The van der Waals surface area contributed by atoms with E-state index < -0.39 is 0 Å². The number of piperidine rings is 1. The van der Waals surface area contributed by atoms with E-state index in [-0.39, 0.29) is 5.92 Å². The highest BCUT2D eigenvalue weighted by Crippen LogP contribution is 2.52. The Kier molecular flexibility index (Phi) is 5.20. The second-order valence-corrected chi connectivity index (χ2v) is 10.6. The van der Waals surface area contributed by atoms with Crippen LogP contribution >= 0.6 is 0 Å². The minimum atomic E-state index is 0.221. The fourth-order valence-electron chi connectivity index (χ4n) is 6.28. The summed E-state index contributed by atoms with van der Waals surface area (Å²) in [6.45, 7) is 11.1. The Hall–Kier alpha value is -1.55. The Morgan fingerprint density at radius 1 is 1.11 bits per heavy atom. The molecule has 1 aromatic carbocycles. The van der Waals surface area contributed by atoms with Crippen LogP contribution < -0.4 is 4.74 Å². The molecule has 2 aliphatic heterocycles. The molecule has 1 amide bonds. The van der Waals surface area contributed by atoms with Gasteiger partial charge in [-0.15, -0.1) is 0 Å².